The fourth-order valence-electron chi connectivity index (χ4n) is 1.47. The van der Waals surface area contributed by atoms with E-state index in [1.807, 2.05) is 0 Å². The van der Waals surface area contributed by atoms with Gasteiger partial charge in [0.25, 0.3) is 5.91 Å². The molecule has 0 aliphatic rings. The van der Waals surface area contributed by atoms with E-state index in [1.165, 1.54) is 0 Å². The molecule has 2 heterocycles. The molecule has 2 rings (SSSR count). The second kappa shape index (κ2) is 5.27. The quantitative estimate of drug-likeness (QED) is 0.878. The lowest BCUT2D eigenvalue weighted by atomic mass is 10.3. The molecule has 2 aromatic rings. The number of unbranched alkanes of at least 4 members (excludes halogenated alkanes) is 1. The van der Waals surface area contributed by atoms with Crippen LogP contribution in [0.4, 0.5) is 0 Å². The molecule has 0 saturated heterocycles. The molecule has 6 heteroatoms. The first-order chi connectivity index (χ1) is 8.24. The van der Waals surface area contributed by atoms with Gasteiger partial charge < -0.3 is 5.32 Å². The normalized spacial score (nSPS) is 10.7. The number of hydrogen-bond acceptors (Lipinski definition) is 3. The highest BCUT2D eigenvalue weighted by molar-refractivity contribution is 9.10. The summed E-state index contributed by atoms with van der Waals surface area (Å²) in [5.74, 6) is -0.171. The van der Waals surface area contributed by atoms with Crippen molar-refractivity contribution in [2.24, 2.45) is 0 Å². The zero-order chi connectivity index (χ0) is 12.3. The van der Waals surface area contributed by atoms with Crippen molar-refractivity contribution < 1.29 is 4.79 Å². The summed E-state index contributed by atoms with van der Waals surface area (Å²) in [5.41, 5.74) is 1.02. The SMILES string of the molecule is CCCCNC(=O)c1nn2cccnc2c1Br. The molecular weight excluding hydrogens is 284 g/mol. The van der Waals surface area contributed by atoms with E-state index in [4.69, 9.17) is 0 Å². The second-order valence-corrected chi connectivity index (χ2v) is 4.45. The molecule has 0 saturated carbocycles. The van der Waals surface area contributed by atoms with E-state index in [1.54, 1.807) is 23.0 Å². The Kier molecular flexibility index (Phi) is 3.73. The minimum absolute atomic E-state index is 0.171. The Morgan fingerprint density at radius 1 is 1.59 bits per heavy atom. The summed E-state index contributed by atoms with van der Waals surface area (Å²) in [6.45, 7) is 2.75. The molecular formula is C11H13BrN4O. The van der Waals surface area contributed by atoms with E-state index in [-0.39, 0.29) is 5.91 Å². The largest absolute Gasteiger partial charge is 0.351 e. The van der Waals surface area contributed by atoms with Crippen molar-refractivity contribution in [1.82, 2.24) is 19.9 Å². The van der Waals surface area contributed by atoms with Crippen LogP contribution < -0.4 is 5.32 Å². The molecule has 1 N–H and O–H groups in total. The standard InChI is InChI=1S/C11H13BrN4O/c1-2-3-5-14-11(17)9-8(12)10-13-6-4-7-16(10)15-9/h4,6-7H,2-3,5H2,1H3,(H,14,17). The van der Waals surface area contributed by atoms with Gasteiger partial charge in [-0.05, 0) is 28.4 Å². The van der Waals surface area contributed by atoms with Gasteiger partial charge in [-0.1, -0.05) is 13.3 Å². The lowest BCUT2D eigenvalue weighted by molar-refractivity contribution is 0.0947. The van der Waals surface area contributed by atoms with Crippen LogP contribution in [0.5, 0.6) is 0 Å². The zero-order valence-corrected chi connectivity index (χ0v) is 11.1. The van der Waals surface area contributed by atoms with Gasteiger partial charge >= 0.3 is 0 Å². The maximum absolute atomic E-state index is 11.9. The third kappa shape index (κ3) is 2.46. The Morgan fingerprint density at radius 2 is 2.41 bits per heavy atom. The molecule has 0 aliphatic carbocycles. The Hall–Kier alpha value is -1.43. The van der Waals surface area contributed by atoms with E-state index >= 15 is 0 Å². The number of carbonyl (C=O) groups is 1. The highest BCUT2D eigenvalue weighted by atomic mass is 79.9. The van der Waals surface area contributed by atoms with Gasteiger partial charge in [0.1, 0.15) is 0 Å². The van der Waals surface area contributed by atoms with Crippen LogP contribution in [0, 0.1) is 0 Å². The number of carbonyl (C=O) groups excluding carboxylic acids is 1. The Labute approximate surface area is 107 Å². The van der Waals surface area contributed by atoms with Gasteiger partial charge in [-0.15, -0.1) is 0 Å². The maximum atomic E-state index is 11.9. The lowest BCUT2D eigenvalue weighted by Gasteiger charge is -2.00. The summed E-state index contributed by atoms with van der Waals surface area (Å²) < 4.78 is 2.21. The predicted octanol–water partition coefficient (Wildman–Crippen LogP) is 2.02. The van der Waals surface area contributed by atoms with Crippen LogP contribution in [0.2, 0.25) is 0 Å². The van der Waals surface area contributed by atoms with Crippen molar-refractivity contribution in [3.8, 4) is 0 Å². The Balaban J connectivity index is 2.23. The van der Waals surface area contributed by atoms with Gasteiger partial charge in [0.15, 0.2) is 11.3 Å². The third-order valence-electron chi connectivity index (χ3n) is 2.37. The first-order valence-electron chi connectivity index (χ1n) is 5.51. The summed E-state index contributed by atoms with van der Waals surface area (Å²) >= 11 is 3.35. The van der Waals surface area contributed by atoms with Crippen LogP contribution in [0.3, 0.4) is 0 Å². The molecule has 0 radical (unpaired) electrons. The minimum Gasteiger partial charge on any atom is -0.351 e. The van der Waals surface area contributed by atoms with Gasteiger partial charge in [0, 0.05) is 18.9 Å². The van der Waals surface area contributed by atoms with E-state index in [2.05, 4.69) is 38.3 Å². The van der Waals surface area contributed by atoms with Gasteiger partial charge in [-0.3, -0.25) is 4.79 Å². The van der Waals surface area contributed by atoms with Crippen molar-refractivity contribution in [1.29, 1.82) is 0 Å². The number of nitrogens with one attached hydrogen (secondary N) is 1. The van der Waals surface area contributed by atoms with Gasteiger partial charge in [0.2, 0.25) is 0 Å². The van der Waals surface area contributed by atoms with Crippen molar-refractivity contribution in [3.05, 3.63) is 28.6 Å². The average Bonchev–Trinajstić information content (AvgIpc) is 2.68. The molecule has 0 atom stereocenters. The highest BCUT2D eigenvalue weighted by Gasteiger charge is 2.17. The van der Waals surface area contributed by atoms with Gasteiger partial charge in [0.05, 0.1) is 4.47 Å². The maximum Gasteiger partial charge on any atom is 0.273 e. The third-order valence-corrected chi connectivity index (χ3v) is 3.10. The highest BCUT2D eigenvalue weighted by Crippen LogP contribution is 2.20. The Bertz CT molecular complexity index is 537. The predicted molar refractivity (Wildman–Crippen MR) is 67.9 cm³/mol. The van der Waals surface area contributed by atoms with E-state index in [9.17, 15) is 4.79 Å². The fourth-order valence-corrected chi connectivity index (χ4v) is 2.01. The topological polar surface area (TPSA) is 59.3 Å². The molecule has 0 fully saturated rings. The van der Waals surface area contributed by atoms with Crippen LogP contribution in [0.25, 0.3) is 5.65 Å². The summed E-state index contributed by atoms with van der Waals surface area (Å²) in [6, 6.07) is 1.77. The molecule has 1 amide bonds. The summed E-state index contributed by atoms with van der Waals surface area (Å²) in [4.78, 5) is 16.0. The van der Waals surface area contributed by atoms with Crippen LogP contribution in [-0.4, -0.2) is 27.0 Å². The number of amides is 1. The molecule has 0 unspecified atom stereocenters. The fraction of sp³-hybridized carbons (Fsp3) is 0.364. The van der Waals surface area contributed by atoms with Crippen molar-refractivity contribution in [3.63, 3.8) is 0 Å². The zero-order valence-electron chi connectivity index (χ0n) is 9.48. The van der Waals surface area contributed by atoms with Crippen molar-refractivity contribution >= 4 is 27.5 Å². The molecule has 17 heavy (non-hydrogen) atoms. The lowest BCUT2D eigenvalue weighted by Crippen LogP contribution is -2.25. The van der Waals surface area contributed by atoms with E-state index < -0.39 is 0 Å². The Morgan fingerprint density at radius 3 is 3.12 bits per heavy atom. The van der Waals surface area contributed by atoms with Crippen LogP contribution in [0.1, 0.15) is 30.3 Å². The average molecular weight is 297 g/mol. The number of hydrogen-bond donors (Lipinski definition) is 1. The number of nitrogens with zero attached hydrogens (tertiary/aromatic N) is 3. The summed E-state index contributed by atoms with van der Waals surface area (Å²) in [7, 11) is 0. The summed E-state index contributed by atoms with van der Waals surface area (Å²) in [5, 5.41) is 7.02. The number of halogens is 1. The molecule has 0 spiro atoms. The second-order valence-electron chi connectivity index (χ2n) is 3.66. The van der Waals surface area contributed by atoms with Crippen molar-refractivity contribution in [2.45, 2.75) is 19.8 Å². The minimum atomic E-state index is -0.171. The molecule has 90 valence electrons. The number of aromatic nitrogens is 3. The summed E-state index contributed by atoms with van der Waals surface area (Å²) in [6.07, 6.45) is 5.44. The molecule has 0 aromatic carbocycles. The molecule has 0 aliphatic heterocycles. The molecule has 5 nitrogen and oxygen atoms in total. The molecule has 2 aromatic heterocycles. The van der Waals surface area contributed by atoms with Crippen molar-refractivity contribution in [2.75, 3.05) is 6.54 Å². The smallest absolute Gasteiger partial charge is 0.273 e. The number of rotatable bonds is 4. The van der Waals surface area contributed by atoms with Gasteiger partial charge in [-0.25, -0.2) is 9.50 Å². The van der Waals surface area contributed by atoms with Crippen LogP contribution in [0.15, 0.2) is 22.9 Å². The van der Waals surface area contributed by atoms with Crippen LogP contribution >= 0.6 is 15.9 Å². The number of fused-ring (bicyclic) bond motifs is 1. The molecule has 0 bridgehead atoms. The van der Waals surface area contributed by atoms with Crippen LogP contribution in [-0.2, 0) is 0 Å². The van der Waals surface area contributed by atoms with Gasteiger partial charge in [-0.2, -0.15) is 5.10 Å². The van der Waals surface area contributed by atoms with E-state index in [0.29, 0.717) is 22.4 Å². The monoisotopic (exact) mass is 296 g/mol. The first-order valence-corrected chi connectivity index (χ1v) is 6.30. The first kappa shape index (κ1) is 12.0. The van der Waals surface area contributed by atoms with E-state index in [0.717, 1.165) is 12.8 Å².